The maximum atomic E-state index is 12.0. The van der Waals surface area contributed by atoms with E-state index in [4.69, 9.17) is 0 Å². The van der Waals surface area contributed by atoms with E-state index in [2.05, 4.69) is 10.3 Å². The normalized spacial score (nSPS) is 9.94. The molecule has 0 spiro atoms. The minimum atomic E-state index is -0.598. The molecule has 0 fully saturated rings. The lowest BCUT2D eigenvalue weighted by molar-refractivity contribution is -0.385. The van der Waals surface area contributed by atoms with Crippen molar-refractivity contribution in [2.75, 3.05) is 25.5 Å². The zero-order valence-corrected chi connectivity index (χ0v) is 10.6. The van der Waals surface area contributed by atoms with E-state index in [1.165, 1.54) is 11.0 Å². The van der Waals surface area contributed by atoms with Crippen molar-refractivity contribution < 1.29 is 9.72 Å². The van der Waals surface area contributed by atoms with Crippen molar-refractivity contribution in [2.45, 2.75) is 13.8 Å². The van der Waals surface area contributed by atoms with Crippen LogP contribution in [0.2, 0.25) is 0 Å². The first-order chi connectivity index (χ1) is 8.51. The number of rotatable bonds is 5. The predicted octanol–water partition coefficient (Wildman–Crippen LogP) is 1.51. The number of nitrogens with zero attached hydrogens (tertiary/aromatic N) is 3. The van der Waals surface area contributed by atoms with Gasteiger partial charge in [-0.3, -0.25) is 14.9 Å². The molecule has 98 valence electrons. The van der Waals surface area contributed by atoms with Crippen LogP contribution in [0.3, 0.4) is 0 Å². The minimum Gasteiger partial charge on any atom is -0.370 e. The summed E-state index contributed by atoms with van der Waals surface area (Å²) < 4.78 is 0. The third-order valence-electron chi connectivity index (χ3n) is 2.49. The molecule has 7 heteroatoms. The van der Waals surface area contributed by atoms with Crippen LogP contribution in [0.5, 0.6) is 0 Å². The summed E-state index contributed by atoms with van der Waals surface area (Å²) in [6.07, 6.45) is 1.11. The number of carbonyl (C=O) groups excluding carboxylic acids is 1. The molecule has 1 aromatic heterocycles. The fourth-order valence-corrected chi connectivity index (χ4v) is 1.39. The molecule has 0 bridgehead atoms. The van der Waals surface area contributed by atoms with E-state index < -0.39 is 4.92 Å². The van der Waals surface area contributed by atoms with Crippen LogP contribution >= 0.6 is 0 Å². The molecular weight excluding hydrogens is 236 g/mol. The summed E-state index contributed by atoms with van der Waals surface area (Å²) >= 11 is 0. The highest BCUT2D eigenvalue weighted by atomic mass is 16.6. The summed E-state index contributed by atoms with van der Waals surface area (Å²) in [4.78, 5) is 27.6. The van der Waals surface area contributed by atoms with Crippen molar-refractivity contribution in [3.63, 3.8) is 0 Å². The number of hydrogen-bond acceptors (Lipinski definition) is 5. The van der Waals surface area contributed by atoms with Crippen LogP contribution in [-0.4, -0.2) is 40.9 Å². The monoisotopic (exact) mass is 252 g/mol. The van der Waals surface area contributed by atoms with E-state index in [0.29, 0.717) is 18.9 Å². The summed E-state index contributed by atoms with van der Waals surface area (Å²) in [7, 11) is 1.60. The summed E-state index contributed by atoms with van der Waals surface area (Å²) in [5.41, 5.74) is -0.225. The van der Waals surface area contributed by atoms with Gasteiger partial charge in [-0.2, -0.15) is 0 Å². The minimum absolute atomic E-state index is 0.0512. The SMILES string of the molecule is CCNc1cc(C(=O)N(C)CC)c([N+](=O)[O-])cn1. The molecule has 1 N–H and O–H groups in total. The molecule has 0 aromatic carbocycles. The summed E-state index contributed by atoms with van der Waals surface area (Å²) in [6.45, 7) is 4.79. The molecule has 0 atom stereocenters. The van der Waals surface area contributed by atoms with Gasteiger partial charge in [0.25, 0.3) is 11.6 Å². The Labute approximate surface area is 105 Å². The maximum Gasteiger partial charge on any atom is 0.300 e. The van der Waals surface area contributed by atoms with Crippen molar-refractivity contribution >= 4 is 17.4 Å². The Kier molecular flexibility index (Phi) is 4.59. The predicted molar refractivity (Wildman–Crippen MR) is 67.7 cm³/mol. The van der Waals surface area contributed by atoms with E-state index in [-0.39, 0.29) is 17.2 Å². The molecule has 1 amide bonds. The number of hydrogen-bond donors (Lipinski definition) is 1. The van der Waals surface area contributed by atoms with Crippen LogP contribution in [0.15, 0.2) is 12.3 Å². The first-order valence-corrected chi connectivity index (χ1v) is 5.65. The number of amides is 1. The highest BCUT2D eigenvalue weighted by molar-refractivity contribution is 5.98. The molecule has 1 heterocycles. The molecule has 7 nitrogen and oxygen atoms in total. The molecule has 1 aromatic rings. The Morgan fingerprint density at radius 1 is 1.56 bits per heavy atom. The molecule has 18 heavy (non-hydrogen) atoms. The lowest BCUT2D eigenvalue weighted by Gasteiger charge is -2.14. The second kappa shape index (κ2) is 5.95. The van der Waals surface area contributed by atoms with Gasteiger partial charge in [-0.25, -0.2) is 4.98 Å². The smallest absolute Gasteiger partial charge is 0.300 e. The van der Waals surface area contributed by atoms with Crippen molar-refractivity contribution in [2.24, 2.45) is 0 Å². The van der Waals surface area contributed by atoms with Crippen LogP contribution in [-0.2, 0) is 0 Å². The van der Waals surface area contributed by atoms with Gasteiger partial charge in [0.05, 0.1) is 4.92 Å². The summed E-state index contributed by atoms with van der Waals surface area (Å²) in [5, 5.41) is 13.8. The van der Waals surface area contributed by atoms with E-state index >= 15 is 0 Å². The number of aromatic nitrogens is 1. The van der Waals surface area contributed by atoms with E-state index in [9.17, 15) is 14.9 Å². The average molecular weight is 252 g/mol. The van der Waals surface area contributed by atoms with Gasteiger partial charge in [-0.1, -0.05) is 0 Å². The fourth-order valence-electron chi connectivity index (χ4n) is 1.39. The maximum absolute atomic E-state index is 12.0. The van der Waals surface area contributed by atoms with E-state index in [0.717, 1.165) is 6.20 Å². The lowest BCUT2D eigenvalue weighted by Crippen LogP contribution is -2.27. The fraction of sp³-hybridized carbons (Fsp3) is 0.455. The zero-order valence-electron chi connectivity index (χ0n) is 10.6. The van der Waals surface area contributed by atoms with Crippen molar-refractivity contribution in [3.05, 3.63) is 27.9 Å². The first-order valence-electron chi connectivity index (χ1n) is 5.65. The molecule has 0 unspecified atom stereocenters. The van der Waals surface area contributed by atoms with Crippen LogP contribution in [0.25, 0.3) is 0 Å². The van der Waals surface area contributed by atoms with Gasteiger partial charge in [0, 0.05) is 26.2 Å². The Bertz CT molecular complexity index is 462. The zero-order chi connectivity index (χ0) is 13.7. The van der Waals surface area contributed by atoms with Crippen molar-refractivity contribution in [1.29, 1.82) is 0 Å². The van der Waals surface area contributed by atoms with Crippen LogP contribution in [0.1, 0.15) is 24.2 Å². The largest absolute Gasteiger partial charge is 0.370 e. The number of nitro groups is 1. The highest BCUT2D eigenvalue weighted by Gasteiger charge is 2.23. The van der Waals surface area contributed by atoms with Crippen LogP contribution < -0.4 is 5.32 Å². The third-order valence-corrected chi connectivity index (χ3v) is 2.49. The Morgan fingerprint density at radius 2 is 2.22 bits per heavy atom. The van der Waals surface area contributed by atoms with Gasteiger partial charge in [-0.15, -0.1) is 0 Å². The molecule has 0 aliphatic heterocycles. The summed E-state index contributed by atoms with van der Waals surface area (Å²) in [6, 6.07) is 1.41. The molecule has 0 saturated heterocycles. The number of carbonyl (C=O) groups is 1. The lowest BCUT2D eigenvalue weighted by atomic mass is 10.2. The Morgan fingerprint density at radius 3 is 2.72 bits per heavy atom. The highest BCUT2D eigenvalue weighted by Crippen LogP contribution is 2.21. The second-order valence-corrected chi connectivity index (χ2v) is 3.69. The van der Waals surface area contributed by atoms with Crippen molar-refractivity contribution in [3.8, 4) is 0 Å². The summed E-state index contributed by atoms with van der Waals surface area (Å²) in [5.74, 6) is 0.0710. The standard InChI is InChI=1S/C11H16N4O3/c1-4-12-10-6-8(11(16)14(3)5-2)9(7-13-10)15(17)18/h6-7H,4-5H2,1-3H3,(H,12,13). The second-order valence-electron chi connectivity index (χ2n) is 3.69. The van der Waals surface area contributed by atoms with Gasteiger partial charge in [0.15, 0.2) is 0 Å². The third kappa shape index (κ3) is 2.93. The van der Waals surface area contributed by atoms with E-state index in [1.54, 1.807) is 14.0 Å². The van der Waals surface area contributed by atoms with Gasteiger partial charge >= 0.3 is 0 Å². The quantitative estimate of drug-likeness (QED) is 0.634. The van der Waals surface area contributed by atoms with E-state index in [1.807, 2.05) is 6.92 Å². The first kappa shape index (κ1) is 13.9. The Hall–Kier alpha value is -2.18. The average Bonchev–Trinajstić information content (AvgIpc) is 2.37. The van der Waals surface area contributed by atoms with Gasteiger partial charge < -0.3 is 10.2 Å². The van der Waals surface area contributed by atoms with Crippen LogP contribution in [0, 0.1) is 10.1 Å². The topological polar surface area (TPSA) is 88.4 Å². The molecule has 0 aliphatic rings. The van der Waals surface area contributed by atoms with Crippen molar-refractivity contribution in [1.82, 2.24) is 9.88 Å². The van der Waals surface area contributed by atoms with Gasteiger partial charge in [-0.05, 0) is 13.8 Å². The van der Waals surface area contributed by atoms with Gasteiger partial charge in [0.2, 0.25) is 0 Å². The van der Waals surface area contributed by atoms with Crippen LogP contribution in [0.4, 0.5) is 11.5 Å². The van der Waals surface area contributed by atoms with Gasteiger partial charge in [0.1, 0.15) is 17.6 Å². The molecular formula is C11H16N4O3. The molecule has 1 rings (SSSR count). The number of pyridine rings is 1. The Balaban J connectivity index is 3.23. The molecule has 0 radical (unpaired) electrons. The molecule has 0 aliphatic carbocycles. The number of anilines is 1. The molecule has 0 saturated carbocycles. The number of nitrogens with one attached hydrogen (secondary N) is 1.